The van der Waals surface area contributed by atoms with Gasteiger partial charge in [-0.2, -0.15) is 0 Å². The van der Waals surface area contributed by atoms with Gasteiger partial charge in [0, 0.05) is 11.3 Å². The molecule has 1 N–H and O–H groups in total. The minimum absolute atomic E-state index is 0.0502. The van der Waals surface area contributed by atoms with Gasteiger partial charge in [-0.3, -0.25) is 0 Å². The second-order valence-electron chi connectivity index (χ2n) is 6.75. The summed E-state index contributed by atoms with van der Waals surface area (Å²) in [4.78, 5) is 0. The lowest BCUT2D eigenvalue weighted by Gasteiger charge is -2.55. The lowest BCUT2D eigenvalue weighted by atomic mass is 9.56. The summed E-state index contributed by atoms with van der Waals surface area (Å²) in [6.45, 7) is 10.0. The molecule has 0 aromatic rings. The third-order valence-corrected chi connectivity index (χ3v) is 5.74. The predicted molar refractivity (Wildman–Crippen MR) is 79.0 cm³/mol. The molecule has 1 aliphatic carbocycles. The topological polar surface area (TPSA) is 29.5 Å². The maximum atomic E-state index is 9.91. The Hall–Kier alpha value is -0.340. The zero-order valence-corrected chi connectivity index (χ0v) is 13.0. The Bertz CT molecular complexity index is 336. The normalized spacial score (nSPS) is 42.1. The molecule has 2 heteroatoms. The number of aliphatic hydroxyl groups is 1. The third-order valence-electron chi connectivity index (χ3n) is 5.74. The van der Waals surface area contributed by atoms with Gasteiger partial charge in [-0.1, -0.05) is 51.7 Å². The van der Waals surface area contributed by atoms with Crippen LogP contribution in [0.1, 0.15) is 53.4 Å². The largest absolute Gasteiger partial charge is 0.396 e. The molecule has 1 heterocycles. The maximum absolute atomic E-state index is 9.91. The Kier molecular flexibility index (Phi) is 4.73. The molecule has 0 radical (unpaired) electrons. The summed E-state index contributed by atoms with van der Waals surface area (Å²) in [5, 5.41) is 9.91. The molecule has 0 aromatic heterocycles. The first-order valence-corrected chi connectivity index (χ1v) is 7.97. The molecule has 19 heavy (non-hydrogen) atoms. The van der Waals surface area contributed by atoms with E-state index in [1.807, 2.05) is 0 Å². The van der Waals surface area contributed by atoms with Crippen molar-refractivity contribution in [2.45, 2.75) is 59.5 Å². The summed E-state index contributed by atoms with van der Waals surface area (Å²) in [6, 6.07) is 0. The highest BCUT2D eigenvalue weighted by Gasteiger charge is 2.52. The number of hydrogen-bond acceptors (Lipinski definition) is 2. The first-order valence-electron chi connectivity index (χ1n) is 7.97. The molecule has 5 atom stereocenters. The van der Waals surface area contributed by atoms with Crippen molar-refractivity contribution < 1.29 is 9.84 Å². The molecular weight excluding hydrogens is 236 g/mol. The lowest BCUT2D eigenvalue weighted by Crippen LogP contribution is -2.56. The quantitative estimate of drug-likeness (QED) is 0.606. The fourth-order valence-corrected chi connectivity index (χ4v) is 4.27. The molecule has 0 spiro atoms. The SMILES string of the molecule is CCCCCC1OC[C@]2(CO)C(C)C=C(C)[C@H]1C2C. The monoisotopic (exact) mass is 266 g/mol. The van der Waals surface area contributed by atoms with E-state index in [-0.39, 0.29) is 12.0 Å². The standard InChI is InChI=1S/C17H30O2/c1-5-6-7-8-15-16-12(2)9-13(3)17(10-18,11-19-15)14(16)4/h9,13-16,18H,5-8,10-11H2,1-4H3/t13?,14?,15?,16-,17+/m0/s1. The van der Waals surface area contributed by atoms with E-state index < -0.39 is 0 Å². The number of fused-ring (bicyclic) bond motifs is 2. The minimum atomic E-state index is -0.0502. The average molecular weight is 266 g/mol. The highest BCUT2D eigenvalue weighted by atomic mass is 16.5. The van der Waals surface area contributed by atoms with Gasteiger partial charge < -0.3 is 9.84 Å². The zero-order chi connectivity index (χ0) is 14.0. The molecule has 0 amide bonds. The molecule has 3 unspecified atom stereocenters. The zero-order valence-electron chi connectivity index (χ0n) is 13.0. The van der Waals surface area contributed by atoms with Crippen molar-refractivity contribution in [3.63, 3.8) is 0 Å². The summed E-state index contributed by atoms with van der Waals surface area (Å²) in [6.07, 6.45) is 7.74. The van der Waals surface area contributed by atoms with Crippen LogP contribution in [0.5, 0.6) is 0 Å². The fraction of sp³-hybridized carbons (Fsp3) is 0.882. The average Bonchev–Trinajstić information content (AvgIpc) is 2.38. The number of aliphatic hydroxyl groups excluding tert-OH is 1. The summed E-state index contributed by atoms with van der Waals surface area (Å²) in [5.41, 5.74) is 1.43. The lowest BCUT2D eigenvalue weighted by molar-refractivity contribution is -0.164. The molecule has 0 saturated carbocycles. The van der Waals surface area contributed by atoms with E-state index in [4.69, 9.17) is 4.74 Å². The molecule has 0 aromatic carbocycles. The fourth-order valence-electron chi connectivity index (χ4n) is 4.27. The van der Waals surface area contributed by atoms with Gasteiger partial charge in [0.15, 0.2) is 0 Å². The highest BCUT2D eigenvalue weighted by Crippen LogP contribution is 2.52. The Morgan fingerprint density at radius 3 is 2.74 bits per heavy atom. The molecule has 110 valence electrons. The highest BCUT2D eigenvalue weighted by molar-refractivity contribution is 5.20. The molecule has 2 bridgehead atoms. The van der Waals surface area contributed by atoms with E-state index in [0.29, 0.717) is 23.9 Å². The number of rotatable bonds is 5. The van der Waals surface area contributed by atoms with Gasteiger partial charge in [0.05, 0.1) is 19.3 Å². The second-order valence-corrected chi connectivity index (χ2v) is 6.75. The van der Waals surface area contributed by atoms with Gasteiger partial charge in [0.25, 0.3) is 0 Å². The summed E-state index contributed by atoms with van der Waals surface area (Å²) < 4.78 is 6.20. The van der Waals surface area contributed by atoms with Crippen molar-refractivity contribution in [1.82, 2.24) is 0 Å². The molecule has 1 fully saturated rings. The molecule has 1 aliphatic heterocycles. The second kappa shape index (κ2) is 5.97. The van der Waals surface area contributed by atoms with Crippen molar-refractivity contribution in [2.24, 2.45) is 23.2 Å². The van der Waals surface area contributed by atoms with Crippen LogP contribution in [-0.4, -0.2) is 24.4 Å². The first-order chi connectivity index (χ1) is 9.06. The number of ether oxygens (including phenoxy) is 1. The minimum Gasteiger partial charge on any atom is -0.396 e. The van der Waals surface area contributed by atoms with Gasteiger partial charge >= 0.3 is 0 Å². The van der Waals surface area contributed by atoms with Crippen LogP contribution in [0.25, 0.3) is 0 Å². The smallest absolute Gasteiger partial charge is 0.0643 e. The van der Waals surface area contributed by atoms with Gasteiger partial charge in [-0.15, -0.1) is 0 Å². The summed E-state index contributed by atoms with van der Waals surface area (Å²) in [7, 11) is 0. The van der Waals surface area contributed by atoms with Crippen LogP contribution in [-0.2, 0) is 4.74 Å². The first kappa shape index (κ1) is 15.1. The predicted octanol–water partition coefficient (Wildman–Crippen LogP) is 3.79. The molecular formula is C17H30O2. The van der Waals surface area contributed by atoms with Gasteiger partial charge in [-0.25, -0.2) is 0 Å². The number of allylic oxidation sites excluding steroid dienone is 1. The maximum Gasteiger partial charge on any atom is 0.0643 e. The van der Waals surface area contributed by atoms with Crippen molar-refractivity contribution >= 4 is 0 Å². The van der Waals surface area contributed by atoms with Crippen molar-refractivity contribution in [2.75, 3.05) is 13.2 Å². The Morgan fingerprint density at radius 1 is 1.37 bits per heavy atom. The summed E-state index contributed by atoms with van der Waals surface area (Å²) in [5.74, 6) is 1.45. The van der Waals surface area contributed by atoms with Crippen LogP contribution in [0.3, 0.4) is 0 Å². The Balaban J connectivity index is 2.17. The molecule has 1 saturated heterocycles. The van der Waals surface area contributed by atoms with Crippen molar-refractivity contribution in [3.8, 4) is 0 Å². The van der Waals surface area contributed by atoms with Crippen LogP contribution in [0.15, 0.2) is 11.6 Å². The Labute approximate surface area is 118 Å². The van der Waals surface area contributed by atoms with E-state index in [9.17, 15) is 5.11 Å². The van der Waals surface area contributed by atoms with E-state index in [1.165, 1.54) is 31.3 Å². The van der Waals surface area contributed by atoms with Gasteiger partial charge in [0.1, 0.15) is 0 Å². The van der Waals surface area contributed by atoms with Gasteiger partial charge in [-0.05, 0) is 25.2 Å². The van der Waals surface area contributed by atoms with Crippen molar-refractivity contribution in [1.29, 1.82) is 0 Å². The number of hydrogen-bond donors (Lipinski definition) is 1. The van der Waals surface area contributed by atoms with Crippen LogP contribution < -0.4 is 0 Å². The number of unbranched alkanes of at least 4 members (excludes halogenated alkanes) is 2. The van der Waals surface area contributed by atoms with E-state index >= 15 is 0 Å². The van der Waals surface area contributed by atoms with E-state index in [2.05, 4.69) is 33.8 Å². The van der Waals surface area contributed by atoms with E-state index in [0.717, 1.165) is 6.61 Å². The van der Waals surface area contributed by atoms with Crippen LogP contribution in [0.4, 0.5) is 0 Å². The van der Waals surface area contributed by atoms with Crippen LogP contribution in [0.2, 0.25) is 0 Å². The molecule has 2 nitrogen and oxygen atoms in total. The van der Waals surface area contributed by atoms with Crippen LogP contribution >= 0.6 is 0 Å². The van der Waals surface area contributed by atoms with Gasteiger partial charge in [0.2, 0.25) is 0 Å². The van der Waals surface area contributed by atoms with Crippen LogP contribution in [0, 0.1) is 23.2 Å². The summed E-state index contributed by atoms with van der Waals surface area (Å²) >= 11 is 0. The molecule has 2 rings (SSSR count). The molecule has 2 aliphatic rings. The van der Waals surface area contributed by atoms with E-state index in [1.54, 1.807) is 0 Å². The Morgan fingerprint density at radius 2 is 2.11 bits per heavy atom. The van der Waals surface area contributed by atoms with Crippen molar-refractivity contribution in [3.05, 3.63) is 11.6 Å². The third kappa shape index (κ3) is 2.50.